The summed E-state index contributed by atoms with van der Waals surface area (Å²) in [4.78, 5) is 0. The largest absolute Gasteiger partial charge is 0.493 e. The van der Waals surface area contributed by atoms with Crippen molar-refractivity contribution < 1.29 is 9.47 Å². The van der Waals surface area contributed by atoms with Crippen molar-refractivity contribution in [1.82, 2.24) is 0 Å². The van der Waals surface area contributed by atoms with E-state index in [1.54, 1.807) is 7.11 Å². The third-order valence-corrected chi connectivity index (χ3v) is 3.55. The van der Waals surface area contributed by atoms with Gasteiger partial charge in [-0.2, -0.15) is 0 Å². The average molecular weight is 235 g/mol. The molecule has 0 aliphatic heterocycles. The Kier molecular flexibility index (Phi) is 3.57. The highest BCUT2D eigenvalue weighted by molar-refractivity contribution is 5.46. The molecular formula is C14H21NO2. The third kappa shape index (κ3) is 2.39. The molecular weight excluding hydrogens is 214 g/mol. The van der Waals surface area contributed by atoms with Crippen LogP contribution in [0.5, 0.6) is 11.5 Å². The molecule has 3 nitrogen and oxygen atoms in total. The normalized spacial score (nSPS) is 16.6. The first-order valence-corrected chi connectivity index (χ1v) is 6.27. The average Bonchev–Trinajstić information content (AvgIpc) is 3.11. The van der Waals surface area contributed by atoms with Gasteiger partial charge in [0.1, 0.15) is 0 Å². The van der Waals surface area contributed by atoms with Gasteiger partial charge in [0.05, 0.1) is 13.7 Å². The van der Waals surface area contributed by atoms with Crippen LogP contribution >= 0.6 is 0 Å². The lowest BCUT2D eigenvalue weighted by Gasteiger charge is -2.17. The summed E-state index contributed by atoms with van der Waals surface area (Å²) in [6.07, 6.45) is 3.53. The smallest absolute Gasteiger partial charge is 0.161 e. The van der Waals surface area contributed by atoms with Crippen LogP contribution in [-0.2, 0) is 5.41 Å². The molecule has 1 fully saturated rings. The van der Waals surface area contributed by atoms with Crippen molar-refractivity contribution in [3.05, 3.63) is 23.8 Å². The van der Waals surface area contributed by atoms with Crippen molar-refractivity contribution in [2.75, 3.05) is 20.3 Å². The van der Waals surface area contributed by atoms with Crippen LogP contribution in [0.4, 0.5) is 0 Å². The SMILES string of the molecule is CCOc1ccc(C2(CCN)CC2)cc1OC. The predicted molar refractivity (Wildman–Crippen MR) is 68.7 cm³/mol. The van der Waals surface area contributed by atoms with E-state index < -0.39 is 0 Å². The van der Waals surface area contributed by atoms with Gasteiger partial charge in [0.15, 0.2) is 11.5 Å². The summed E-state index contributed by atoms with van der Waals surface area (Å²) in [6.45, 7) is 3.38. The van der Waals surface area contributed by atoms with Crippen LogP contribution in [0.2, 0.25) is 0 Å². The highest BCUT2D eigenvalue weighted by atomic mass is 16.5. The summed E-state index contributed by atoms with van der Waals surface area (Å²) >= 11 is 0. The Morgan fingerprint density at radius 1 is 1.29 bits per heavy atom. The molecule has 1 aromatic carbocycles. The molecule has 0 heterocycles. The molecule has 0 unspecified atom stereocenters. The lowest BCUT2D eigenvalue weighted by Crippen LogP contribution is -2.13. The van der Waals surface area contributed by atoms with Crippen LogP contribution in [-0.4, -0.2) is 20.3 Å². The molecule has 2 N–H and O–H groups in total. The van der Waals surface area contributed by atoms with E-state index in [1.165, 1.54) is 18.4 Å². The molecule has 0 saturated heterocycles. The minimum Gasteiger partial charge on any atom is -0.493 e. The second-order valence-corrected chi connectivity index (χ2v) is 4.62. The van der Waals surface area contributed by atoms with E-state index in [0.29, 0.717) is 12.0 Å². The van der Waals surface area contributed by atoms with E-state index in [1.807, 2.05) is 13.0 Å². The first-order chi connectivity index (χ1) is 8.25. The maximum atomic E-state index is 5.68. The van der Waals surface area contributed by atoms with Crippen molar-refractivity contribution in [3.63, 3.8) is 0 Å². The van der Waals surface area contributed by atoms with Crippen molar-refractivity contribution in [2.45, 2.75) is 31.6 Å². The first kappa shape index (κ1) is 12.2. The molecule has 2 rings (SSSR count). The van der Waals surface area contributed by atoms with Crippen LogP contribution in [0.15, 0.2) is 18.2 Å². The minimum absolute atomic E-state index is 0.312. The van der Waals surface area contributed by atoms with E-state index in [2.05, 4.69) is 12.1 Å². The van der Waals surface area contributed by atoms with E-state index in [9.17, 15) is 0 Å². The van der Waals surface area contributed by atoms with Gasteiger partial charge < -0.3 is 15.2 Å². The van der Waals surface area contributed by atoms with E-state index in [0.717, 1.165) is 24.5 Å². The van der Waals surface area contributed by atoms with Crippen LogP contribution in [0.1, 0.15) is 31.7 Å². The number of methoxy groups -OCH3 is 1. The van der Waals surface area contributed by atoms with Gasteiger partial charge in [-0.3, -0.25) is 0 Å². The summed E-state index contributed by atoms with van der Waals surface area (Å²) in [5.74, 6) is 1.65. The van der Waals surface area contributed by atoms with Gasteiger partial charge in [0.2, 0.25) is 0 Å². The van der Waals surface area contributed by atoms with E-state index in [-0.39, 0.29) is 0 Å². The molecule has 17 heavy (non-hydrogen) atoms. The zero-order valence-corrected chi connectivity index (χ0v) is 10.7. The van der Waals surface area contributed by atoms with E-state index in [4.69, 9.17) is 15.2 Å². The lowest BCUT2D eigenvalue weighted by molar-refractivity contribution is 0.310. The van der Waals surface area contributed by atoms with Crippen molar-refractivity contribution in [2.24, 2.45) is 5.73 Å². The Morgan fingerprint density at radius 2 is 2.06 bits per heavy atom. The molecule has 0 aromatic heterocycles. The molecule has 94 valence electrons. The van der Waals surface area contributed by atoms with Crippen LogP contribution in [0.3, 0.4) is 0 Å². The highest BCUT2D eigenvalue weighted by Gasteiger charge is 2.43. The standard InChI is InChI=1S/C14H21NO2/c1-3-17-12-5-4-11(10-13(12)16-2)14(6-7-14)8-9-15/h4-5,10H,3,6-9,15H2,1-2H3. The molecule has 0 radical (unpaired) electrons. The van der Waals surface area contributed by atoms with Gasteiger partial charge >= 0.3 is 0 Å². The van der Waals surface area contributed by atoms with Gasteiger partial charge in [-0.25, -0.2) is 0 Å². The number of hydrogen-bond donors (Lipinski definition) is 1. The number of nitrogens with two attached hydrogens (primary N) is 1. The third-order valence-electron chi connectivity index (χ3n) is 3.55. The minimum atomic E-state index is 0.312. The Bertz CT molecular complexity index is 386. The number of hydrogen-bond acceptors (Lipinski definition) is 3. The molecule has 0 spiro atoms. The summed E-state index contributed by atoms with van der Waals surface area (Å²) in [5.41, 5.74) is 7.33. The van der Waals surface area contributed by atoms with Crippen molar-refractivity contribution >= 4 is 0 Å². The number of rotatable bonds is 6. The second kappa shape index (κ2) is 4.96. The van der Waals surface area contributed by atoms with Crippen molar-refractivity contribution in [3.8, 4) is 11.5 Å². The quantitative estimate of drug-likeness (QED) is 0.823. The van der Waals surface area contributed by atoms with Gasteiger partial charge in [-0.1, -0.05) is 6.07 Å². The molecule has 1 aliphatic rings. The fourth-order valence-corrected chi connectivity index (χ4v) is 2.38. The zero-order chi connectivity index (χ0) is 12.3. The summed E-state index contributed by atoms with van der Waals surface area (Å²) < 4.78 is 10.9. The zero-order valence-electron chi connectivity index (χ0n) is 10.7. The topological polar surface area (TPSA) is 44.5 Å². The van der Waals surface area contributed by atoms with Crippen LogP contribution in [0, 0.1) is 0 Å². The Labute approximate surface area is 103 Å². The van der Waals surface area contributed by atoms with Gasteiger partial charge in [0.25, 0.3) is 0 Å². The maximum Gasteiger partial charge on any atom is 0.161 e. The van der Waals surface area contributed by atoms with E-state index >= 15 is 0 Å². The van der Waals surface area contributed by atoms with Gasteiger partial charge in [-0.15, -0.1) is 0 Å². The Balaban J connectivity index is 2.25. The molecule has 1 saturated carbocycles. The fraction of sp³-hybridized carbons (Fsp3) is 0.571. The molecule has 1 aromatic rings. The van der Waals surface area contributed by atoms with Crippen LogP contribution < -0.4 is 15.2 Å². The fourth-order valence-electron chi connectivity index (χ4n) is 2.38. The number of ether oxygens (including phenoxy) is 2. The van der Waals surface area contributed by atoms with Crippen LogP contribution in [0.25, 0.3) is 0 Å². The molecule has 0 amide bonds. The second-order valence-electron chi connectivity index (χ2n) is 4.62. The molecule has 1 aliphatic carbocycles. The summed E-state index contributed by atoms with van der Waals surface area (Å²) in [5, 5.41) is 0. The van der Waals surface area contributed by atoms with Crippen molar-refractivity contribution in [1.29, 1.82) is 0 Å². The highest BCUT2D eigenvalue weighted by Crippen LogP contribution is 2.52. The predicted octanol–water partition coefficient (Wildman–Crippen LogP) is 2.47. The monoisotopic (exact) mass is 235 g/mol. The first-order valence-electron chi connectivity index (χ1n) is 6.27. The van der Waals surface area contributed by atoms with Gasteiger partial charge in [0, 0.05) is 0 Å². The molecule has 3 heteroatoms. The number of benzene rings is 1. The lowest BCUT2D eigenvalue weighted by atomic mass is 9.92. The Morgan fingerprint density at radius 3 is 2.59 bits per heavy atom. The summed E-state index contributed by atoms with van der Waals surface area (Å²) in [6, 6.07) is 6.26. The summed E-state index contributed by atoms with van der Waals surface area (Å²) in [7, 11) is 1.68. The molecule has 0 atom stereocenters. The maximum absolute atomic E-state index is 5.68. The van der Waals surface area contributed by atoms with Gasteiger partial charge in [-0.05, 0) is 55.8 Å². The molecule has 0 bridgehead atoms. The Hall–Kier alpha value is -1.22.